The third-order valence-electron chi connectivity index (χ3n) is 3.30. The molecule has 0 bridgehead atoms. The van der Waals surface area contributed by atoms with Gasteiger partial charge in [-0.2, -0.15) is 0 Å². The SMILES string of the molecule is CCCCCNC(=O)CC1CCCCC1. The number of amides is 1. The average Bonchev–Trinajstić information content (AvgIpc) is 2.26. The van der Waals surface area contributed by atoms with Crippen molar-refractivity contribution in [2.45, 2.75) is 64.7 Å². The summed E-state index contributed by atoms with van der Waals surface area (Å²) < 4.78 is 0. The second kappa shape index (κ2) is 7.72. The van der Waals surface area contributed by atoms with E-state index in [1.54, 1.807) is 0 Å². The minimum Gasteiger partial charge on any atom is -0.356 e. The molecule has 2 nitrogen and oxygen atoms in total. The van der Waals surface area contributed by atoms with E-state index in [-0.39, 0.29) is 5.91 Å². The van der Waals surface area contributed by atoms with Crippen LogP contribution in [0.5, 0.6) is 0 Å². The first-order valence-electron chi connectivity index (χ1n) is 6.59. The van der Waals surface area contributed by atoms with Gasteiger partial charge in [-0.1, -0.05) is 39.0 Å². The van der Waals surface area contributed by atoms with Crippen LogP contribution in [-0.2, 0) is 4.79 Å². The van der Waals surface area contributed by atoms with Crippen LogP contribution in [0.3, 0.4) is 0 Å². The lowest BCUT2D eigenvalue weighted by atomic mass is 9.87. The number of nitrogens with one attached hydrogen (secondary N) is 1. The highest BCUT2D eigenvalue weighted by Crippen LogP contribution is 2.25. The second-order valence-electron chi connectivity index (χ2n) is 4.77. The van der Waals surface area contributed by atoms with Crippen LogP contribution in [0.25, 0.3) is 0 Å². The zero-order valence-electron chi connectivity index (χ0n) is 10.1. The Bertz CT molecular complexity index is 173. The Hall–Kier alpha value is -0.530. The smallest absolute Gasteiger partial charge is 0.220 e. The van der Waals surface area contributed by atoms with Gasteiger partial charge in [-0.25, -0.2) is 0 Å². The maximum absolute atomic E-state index is 11.6. The Balaban J connectivity index is 2.01. The highest BCUT2D eigenvalue weighted by atomic mass is 16.1. The fourth-order valence-electron chi connectivity index (χ4n) is 2.33. The van der Waals surface area contributed by atoms with Crippen molar-refractivity contribution in [1.29, 1.82) is 0 Å². The number of carbonyl (C=O) groups excluding carboxylic acids is 1. The van der Waals surface area contributed by atoms with Gasteiger partial charge < -0.3 is 5.32 Å². The highest BCUT2D eigenvalue weighted by Gasteiger charge is 2.16. The number of unbranched alkanes of at least 4 members (excludes halogenated alkanes) is 2. The molecule has 0 aromatic heterocycles. The summed E-state index contributed by atoms with van der Waals surface area (Å²) in [6.07, 6.45) is 10.9. The van der Waals surface area contributed by atoms with E-state index >= 15 is 0 Å². The van der Waals surface area contributed by atoms with Gasteiger partial charge in [0, 0.05) is 13.0 Å². The molecular formula is C13H25NO. The third kappa shape index (κ3) is 5.81. The molecule has 1 amide bonds. The van der Waals surface area contributed by atoms with Crippen molar-refractivity contribution < 1.29 is 4.79 Å². The molecule has 0 heterocycles. The molecule has 0 aromatic rings. The summed E-state index contributed by atoms with van der Waals surface area (Å²) in [6, 6.07) is 0. The summed E-state index contributed by atoms with van der Waals surface area (Å²) in [6.45, 7) is 3.06. The fourth-order valence-corrected chi connectivity index (χ4v) is 2.33. The quantitative estimate of drug-likeness (QED) is 0.671. The van der Waals surface area contributed by atoms with Gasteiger partial charge in [0.15, 0.2) is 0 Å². The molecule has 1 saturated carbocycles. The van der Waals surface area contributed by atoms with E-state index in [2.05, 4.69) is 12.2 Å². The van der Waals surface area contributed by atoms with Crippen molar-refractivity contribution in [2.75, 3.05) is 6.54 Å². The van der Waals surface area contributed by atoms with Crippen LogP contribution >= 0.6 is 0 Å². The molecule has 0 atom stereocenters. The van der Waals surface area contributed by atoms with Gasteiger partial charge in [-0.05, 0) is 25.2 Å². The van der Waals surface area contributed by atoms with Gasteiger partial charge in [-0.3, -0.25) is 4.79 Å². The zero-order chi connectivity index (χ0) is 10.9. The Morgan fingerprint density at radius 1 is 1.20 bits per heavy atom. The van der Waals surface area contributed by atoms with Crippen LogP contribution in [0.1, 0.15) is 64.7 Å². The second-order valence-corrected chi connectivity index (χ2v) is 4.77. The van der Waals surface area contributed by atoms with Crippen LogP contribution < -0.4 is 5.32 Å². The molecule has 0 spiro atoms. The molecule has 1 aliphatic rings. The Morgan fingerprint density at radius 2 is 1.93 bits per heavy atom. The first kappa shape index (κ1) is 12.5. The van der Waals surface area contributed by atoms with Crippen molar-refractivity contribution in [3.63, 3.8) is 0 Å². The molecule has 88 valence electrons. The van der Waals surface area contributed by atoms with Crippen LogP contribution in [0.4, 0.5) is 0 Å². The van der Waals surface area contributed by atoms with E-state index in [4.69, 9.17) is 0 Å². The van der Waals surface area contributed by atoms with Crippen LogP contribution in [0, 0.1) is 5.92 Å². The summed E-state index contributed by atoms with van der Waals surface area (Å²) in [4.78, 5) is 11.6. The van der Waals surface area contributed by atoms with E-state index in [0.29, 0.717) is 5.92 Å². The standard InChI is InChI=1S/C13H25NO/c1-2-3-7-10-14-13(15)11-12-8-5-4-6-9-12/h12H,2-11H2,1H3,(H,14,15). The topological polar surface area (TPSA) is 29.1 Å². The summed E-state index contributed by atoms with van der Waals surface area (Å²) >= 11 is 0. The fraction of sp³-hybridized carbons (Fsp3) is 0.923. The third-order valence-corrected chi connectivity index (χ3v) is 3.30. The van der Waals surface area contributed by atoms with Crippen molar-refractivity contribution in [3.8, 4) is 0 Å². The molecule has 1 rings (SSSR count). The minimum absolute atomic E-state index is 0.276. The van der Waals surface area contributed by atoms with Crippen molar-refractivity contribution in [2.24, 2.45) is 5.92 Å². The Kier molecular flexibility index (Phi) is 6.45. The molecule has 1 N–H and O–H groups in total. The molecule has 0 aliphatic heterocycles. The van der Waals surface area contributed by atoms with Gasteiger partial charge >= 0.3 is 0 Å². The number of rotatable bonds is 6. The van der Waals surface area contributed by atoms with Crippen LogP contribution in [-0.4, -0.2) is 12.5 Å². The number of carbonyl (C=O) groups is 1. The lowest BCUT2D eigenvalue weighted by Gasteiger charge is -2.20. The molecule has 0 saturated heterocycles. The normalized spacial score (nSPS) is 17.7. The Labute approximate surface area is 93.8 Å². The van der Waals surface area contributed by atoms with Crippen molar-refractivity contribution in [3.05, 3.63) is 0 Å². The molecular weight excluding hydrogens is 186 g/mol. The van der Waals surface area contributed by atoms with E-state index < -0.39 is 0 Å². The van der Waals surface area contributed by atoms with Gasteiger partial charge in [-0.15, -0.1) is 0 Å². The Morgan fingerprint density at radius 3 is 2.60 bits per heavy atom. The lowest BCUT2D eigenvalue weighted by Crippen LogP contribution is -2.27. The minimum atomic E-state index is 0.276. The highest BCUT2D eigenvalue weighted by molar-refractivity contribution is 5.76. The van der Waals surface area contributed by atoms with Crippen molar-refractivity contribution in [1.82, 2.24) is 5.32 Å². The van der Waals surface area contributed by atoms with E-state index in [9.17, 15) is 4.79 Å². The first-order chi connectivity index (χ1) is 7.33. The largest absolute Gasteiger partial charge is 0.356 e. The molecule has 15 heavy (non-hydrogen) atoms. The number of hydrogen-bond donors (Lipinski definition) is 1. The van der Waals surface area contributed by atoms with Gasteiger partial charge in [0.05, 0.1) is 0 Å². The average molecular weight is 211 g/mol. The number of hydrogen-bond acceptors (Lipinski definition) is 1. The zero-order valence-corrected chi connectivity index (χ0v) is 10.1. The predicted molar refractivity (Wildman–Crippen MR) is 63.7 cm³/mol. The lowest BCUT2D eigenvalue weighted by molar-refractivity contribution is -0.122. The maximum Gasteiger partial charge on any atom is 0.220 e. The first-order valence-corrected chi connectivity index (χ1v) is 6.59. The van der Waals surface area contributed by atoms with E-state index in [1.165, 1.54) is 44.9 Å². The summed E-state index contributed by atoms with van der Waals surface area (Å²) in [5, 5.41) is 3.03. The molecule has 1 fully saturated rings. The van der Waals surface area contributed by atoms with Crippen LogP contribution in [0.15, 0.2) is 0 Å². The molecule has 0 radical (unpaired) electrons. The molecule has 0 aromatic carbocycles. The summed E-state index contributed by atoms with van der Waals surface area (Å²) in [5.74, 6) is 0.947. The van der Waals surface area contributed by atoms with Gasteiger partial charge in [0.2, 0.25) is 5.91 Å². The summed E-state index contributed by atoms with van der Waals surface area (Å²) in [5.41, 5.74) is 0. The van der Waals surface area contributed by atoms with Gasteiger partial charge in [0.25, 0.3) is 0 Å². The predicted octanol–water partition coefficient (Wildman–Crippen LogP) is 3.26. The van der Waals surface area contributed by atoms with E-state index in [0.717, 1.165) is 19.4 Å². The maximum atomic E-state index is 11.6. The monoisotopic (exact) mass is 211 g/mol. The van der Waals surface area contributed by atoms with Crippen LogP contribution in [0.2, 0.25) is 0 Å². The molecule has 0 unspecified atom stereocenters. The molecule has 1 aliphatic carbocycles. The van der Waals surface area contributed by atoms with Crippen molar-refractivity contribution >= 4 is 5.91 Å². The van der Waals surface area contributed by atoms with E-state index in [1.807, 2.05) is 0 Å². The molecule has 2 heteroatoms. The summed E-state index contributed by atoms with van der Waals surface area (Å²) in [7, 11) is 0. The van der Waals surface area contributed by atoms with Gasteiger partial charge in [0.1, 0.15) is 0 Å².